The number of methoxy groups -OCH3 is 1. The molecule has 0 atom stereocenters. The predicted octanol–water partition coefficient (Wildman–Crippen LogP) is 2.68. The standard InChI is InChI=1S/C13H18INO2/c1-3-15(9-8-13(16)17-2)10-11-4-6-12(14)7-5-11/h4-7H,3,8-10H2,1-2H3. The molecule has 1 aromatic carbocycles. The maximum absolute atomic E-state index is 11.1. The molecule has 0 saturated carbocycles. The molecule has 0 saturated heterocycles. The molecule has 0 N–H and O–H groups in total. The first-order chi connectivity index (χ1) is 8.15. The fourth-order valence-corrected chi connectivity index (χ4v) is 1.91. The third-order valence-corrected chi connectivity index (χ3v) is 3.35. The first-order valence-electron chi connectivity index (χ1n) is 5.69. The highest BCUT2D eigenvalue weighted by atomic mass is 127. The Kier molecular flexibility index (Phi) is 6.50. The molecule has 0 amide bonds. The van der Waals surface area contributed by atoms with Crippen molar-refractivity contribution in [3.8, 4) is 0 Å². The second-order valence-electron chi connectivity index (χ2n) is 3.82. The van der Waals surface area contributed by atoms with Gasteiger partial charge in [0.2, 0.25) is 0 Å². The van der Waals surface area contributed by atoms with Crippen molar-refractivity contribution in [3.63, 3.8) is 0 Å². The van der Waals surface area contributed by atoms with Gasteiger partial charge in [-0.1, -0.05) is 19.1 Å². The lowest BCUT2D eigenvalue weighted by atomic mass is 10.2. The molecular weight excluding hydrogens is 329 g/mol. The van der Waals surface area contributed by atoms with Crippen molar-refractivity contribution in [3.05, 3.63) is 33.4 Å². The van der Waals surface area contributed by atoms with Crippen molar-refractivity contribution in [1.29, 1.82) is 0 Å². The molecule has 0 unspecified atom stereocenters. The second-order valence-corrected chi connectivity index (χ2v) is 5.07. The summed E-state index contributed by atoms with van der Waals surface area (Å²) in [5, 5.41) is 0. The van der Waals surface area contributed by atoms with E-state index in [-0.39, 0.29) is 5.97 Å². The number of carbonyl (C=O) groups is 1. The number of nitrogens with zero attached hydrogens (tertiary/aromatic N) is 1. The van der Waals surface area contributed by atoms with Gasteiger partial charge in [-0.05, 0) is 46.8 Å². The number of carbonyl (C=O) groups excluding carboxylic acids is 1. The SMILES string of the molecule is CCN(CCC(=O)OC)Cc1ccc(I)cc1. The zero-order chi connectivity index (χ0) is 12.7. The van der Waals surface area contributed by atoms with Gasteiger partial charge in [0, 0.05) is 16.7 Å². The van der Waals surface area contributed by atoms with E-state index in [1.165, 1.54) is 16.2 Å². The van der Waals surface area contributed by atoms with Gasteiger partial charge >= 0.3 is 5.97 Å². The molecule has 0 fully saturated rings. The Morgan fingerprint density at radius 1 is 1.35 bits per heavy atom. The van der Waals surface area contributed by atoms with Gasteiger partial charge < -0.3 is 4.74 Å². The smallest absolute Gasteiger partial charge is 0.306 e. The van der Waals surface area contributed by atoms with Crippen LogP contribution in [0.4, 0.5) is 0 Å². The summed E-state index contributed by atoms with van der Waals surface area (Å²) in [4.78, 5) is 13.3. The van der Waals surface area contributed by atoms with Crippen LogP contribution in [0.1, 0.15) is 18.9 Å². The lowest BCUT2D eigenvalue weighted by Crippen LogP contribution is -2.26. The highest BCUT2D eigenvalue weighted by Gasteiger charge is 2.07. The number of ether oxygens (including phenoxy) is 1. The predicted molar refractivity (Wildman–Crippen MR) is 76.7 cm³/mol. The van der Waals surface area contributed by atoms with E-state index in [9.17, 15) is 4.79 Å². The van der Waals surface area contributed by atoms with Crippen molar-refractivity contribution in [2.24, 2.45) is 0 Å². The molecule has 0 aliphatic heterocycles. The summed E-state index contributed by atoms with van der Waals surface area (Å²) in [6.07, 6.45) is 0.453. The highest BCUT2D eigenvalue weighted by molar-refractivity contribution is 14.1. The molecule has 1 rings (SSSR count). The zero-order valence-corrected chi connectivity index (χ0v) is 12.4. The Morgan fingerprint density at radius 3 is 2.53 bits per heavy atom. The normalized spacial score (nSPS) is 10.6. The molecular formula is C13H18INO2. The van der Waals surface area contributed by atoms with E-state index in [4.69, 9.17) is 0 Å². The Hall–Kier alpha value is -0.620. The summed E-state index contributed by atoms with van der Waals surface area (Å²) in [5.41, 5.74) is 1.28. The molecule has 0 aliphatic rings. The van der Waals surface area contributed by atoms with Crippen LogP contribution in [-0.2, 0) is 16.1 Å². The van der Waals surface area contributed by atoms with Gasteiger partial charge in [0.05, 0.1) is 13.5 Å². The third-order valence-electron chi connectivity index (χ3n) is 2.63. The summed E-state index contributed by atoms with van der Waals surface area (Å²) < 4.78 is 5.88. The van der Waals surface area contributed by atoms with Crippen molar-refractivity contribution < 1.29 is 9.53 Å². The number of rotatable bonds is 6. The number of hydrogen-bond donors (Lipinski definition) is 0. The first-order valence-corrected chi connectivity index (χ1v) is 6.77. The Morgan fingerprint density at radius 2 is 2.00 bits per heavy atom. The summed E-state index contributed by atoms with van der Waals surface area (Å²) in [5.74, 6) is -0.147. The van der Waals surface area contributed by atoms with Crippen LogP contribution in [0.3, 0.4) is 0 Å². The minimum absolute atomic E-state index is 0.147. The number of esters is 1. The third kappa shape index (κ3) is 5.50. The monoisotopic (exact) mass is 347 g/mol. The van der Waals surface area contributed by atoms with Gasteiger partial charge in [0.15, 0.2) is 0 Å². The Balaban J connectivity index is 2.46. The molecule has 17 heavy (non-hydrogen) atoms. The van der Waals surface area contributed by atoms with Crippen molar-refractivity contribution in [2.45, 2.75) is 19.9 Å². The number of benzene rings is 1. The molecule has 4 heteroatoms. The van der Waals surface area contributed by atoms with E-state index < -0.39 is 0 Å². The highest BCUT2D eigenvalue weighted by Crippen LogP contribution is 2.09. The largest absolute Gasteiger partial charge is 0.469 e. The fourth-order valence-electron chi connectivity index (χ4n) is 1.55. The van der Waals surface area contributed by atoms with Crippen LogP contribution >= 0.6 is 22.6 Å². The molecule has 1 aromatic rings. The van der Waals surface area contributed by atoms with E-state index in [1.54, 1.807) is 0 Å². The summed E-state index contributed by atoms with van der Waals surface area (Å²) in [7, 11) is 1.43. The molecule has 0 radical (unpaired) electrons. The average molecular weight is 347 g/mol. The van der Waals surface area contributed by atoms with E-state index in [1.807, 2.05) is 0 Å². The minimum atomic E-state index is -0.147. The van der Waals surface area contributed by atoms with Crippen LogP contribution in [0.25, 0.3) is 0 Å². The van der Waals surface area contributed by atoms with Crippen molar-refractivity contribution >= 4 is 28.6 Å². The Bertz CT molecular complexity index is 351. The van der Waals surface area contributed by atoms with Crippen molar-refractivity contribution in [2.75, 3.05) is 20.2 Å². The van der Waals surface area contributed by atoms with Crippen LogP contribution < -0.4 is 0 Å². The maximum atomic E-state index is 11.1. The second kappa shape index (κ2) is 7.66. The van der Waals surface area contributed by atoms with Crippen molar-refractivity contribution in [1.82, 2.24) is 4.90 Å². The van der Waals surface area contributed by atoms with Crippen LogP contribution in [0.2, 0.25) is 0 Å². The molecule has 0 heterocycles. The van der Waals surface area contributed by atoms with Crippen LogP contribution in [0.15, 0.2) is 24.3 Å². The van der Waals surface area contributed by atoms with E-state index in [0.29, 0.717) is 6.42 Å². The van der Waals surface area contributed by atoms with Crippen LogP contribution in [0, 0.1) is 3.57 Å². The van der Waals surface area contributed by atoms with Gasteiger partial charge in [-0.25, -0.2) is 0 Å². The molecule has 94 valence electrons. The lowest BCUT2D eigenvalue weighted by molar-refractivity contribution is -0.141. The van der Waals surface area contributed by atoms with Crippen LogP contribution in [-0.4, -0.2) is 31.1 Å². The minimum Gasteiger partial charge on any atom is -0.469 e. The molecule has 0 spiro atoms. The van der Waals surface area contributed by atoms with Crippen LogP contribution in [0.5, 0.6) is 0 Å². The average Bonchev–Trinajstić information content (AvgIpc) is 2.36. The van der Waals surface area contributed by atoms with Gasteiger partial charge in [0.25, 0.3) is 0 Å². The maximum Gasteiger partial charge on any atom is 0.306 e. The molecule has 0 bridgehead atoms. The van der Waals surface area contributed by atoms with Gasteiger partial charge in [-0.15, -0.1) is 0 Å². The fraction of sp³-hybridized carbons (Fsp3) is 0.462. The van der Waals surface area contributed by atoms with Gasteiger partial charge in [-0.2, -0.15) is 0 Å². The zero-order valence-electron chi connectivity index (χ0n) is 10.3. The molecule has 0 aliphatic carbocycles. The van der Waals surface area contributed by atoms with E-state index in [2.05, 4.69) is 63.4 Å². The quantitative estimate of drug-likeness (QED) is 0.585. The van der Waals surface area contributed by atoms with Gasteiger partial charge in [0.1, 0.15) is 0 Å². The summed E-state index contributed by atoms with van der Waals surface area (Å²) in [6, 6.07) is 8.46. The van der Waals surface area contributed by atoms with E-state index in [0.717, 1.165) is 19.6 Å². The number of hydrogen-bond acceptors (Lipinski definition) is 3. The summed E-state index contributed by atoms with van der Waals surface area (Å²) in [6.45, 7) is 4.66. The van der Waals surface area contributed by atoms with Gasteiger partial charge in [-0.3, -0.25) is 9.69 Å². The first kappa shape index (κ1) is 14.4. The summed E-state index contributed by atoms with van der Waals surface area (Å²) >= 11 is 2.29. The Labute approximate surface area is 116 Å². The molecule has 3 nitrogen and oxygen atoms in total. The topological polar surface area (TPSA) is 29.5 Å². The molecule has 0 aromatic heterocycles. The lowest BCUT2D eigenvalue weighted by Gasteiger charge is -2.19. The number of halogens is 1. The van der Waals surface area contributed by atoms with E-state index >= 15 is 0 Å².